The zero-order valence-electron chi connectivity index (χ0n) is 12.6. The molecule has 0 saturated heterocycles. The molecular weight excluding hydrogens is 314 g/mol. The monoisotopic (exact) mass is 339 g/mol. The molecule has 2 rings (SSSR count). The third-order valence-corrected chi connectivity index (χ3v) is 4.73. The highest BCUT2D eigenvalue weighted by Crippen LogP contribution is 2.32. The molecule has 0 radical (unpaired) electrons. The maximum absolute atomic E-state index is 5.50. The number of hydrogen-bond donors (Lipinski definition) is 1. The molecule has 1 fully saturated rings. The lowest BCUT2D eigenvalue weighted by Gasteiger charge is -2.30. The Balaban J connectivity index is 2.02. The summed E-state index contributed by atoms with van der Waals surface area (Å²) in [4.78, 5) is 0. The molecule has 1 atom stereocenters. The Bertz CT molecular complexity index is 417. The van der Waals surface area contributed by atoms with Gasteiger partial charge in [0.05, 0.1) is 7.11 Å². The zero-order valence-corrected chi connectivity index (χ0v) is 14.2. The molecule has 20 heavy (non-hydrogen) atoms. The highest BCUT2D eigenvalue weighted by molar-refractivity contribution is 9.10. The van der Waals surface area contributed by atoms with Crippen LogP contribution in [-0.2, 0) is 6.42 Å². The van der Waals surface area contributed by atoms with Crippen molar-refractivity contribution < 1.29 is 4.74 Å². The minimum atomic E-state index is 0.573. The van der Waals surface area contributed by atoms with Crippen molar-refractivity contribution in [3.05, 3.63) is 28.2 Å². The number of hydrogen-bond acceptors (Lipinski definition) is 2. The van der Waals surface area contributed by atoms with Crippen LogP contribution in [0.2, 0.25) is 0 Å². The first-order valence-electron chi connectivity index (χ1n) is 7.78. The van der Waals surface area contributed by atoms with Crippen LogP contribution in [0.3, 0.4) is 0 Å². The number of ether oxygens (including phenoxy) is 1. The second-order valence-electron chi connectivity index (χ2n) is 5.84. The summed E-state index contributed by atoms with van der Waals surface area (Å²) in [5, 5.41) is 3.72. The second-order valence-corrected chi connectivity index (χ2v) is 6.76. The van der Waals surface area contributed by atoms with Gasteiger partial charge in [0.15, 0.2) is 0 Å². The summed E-state index contributed by atoms with van der Waals surface area (Å²) in [6.07, 6.45) is 7.80. The third kappa shape index (κ3) is 4.49. The van der Waals surface area contributed by atoms with E-state index in [1.54, 1.807) is 7.11 Å². The lowest BCUT2D eigenvalue weighted by molar-refractivity contribution is 0.258. The molecule has 2 nitrogen and oxygen atoms in total. The molecule has 1 aromatic carbocycles. The second kappa shape index (κ2) is 8.04. The van der Waals surface area contributed by atoms with E-state index < -0.39 is 0 Å². The average molecular weight is 340 g/mol. The fourth-order valence-corrected chi connectivity index (χ4v) is 3.30. The van der Waals surface area contributed by atoms with Crippen LogP contribution in [0.15, 0.2) is 22.7 Å². The molecule has 1 aliphatic carbocycles. The van der Waals surface area contributed by atoms with Gasteiger partial charge in [-0.1, -0.05) is 42.1 Å². The Labute approximate surface area is 131 Å². The van der Waals surface area contributed by atoms with Crippen molar-refractivity contribution in [3.63, 3.8) is 0 Å². The molecule has 1 saturated carbocycles. The Kier molecular flexibility index (Phi) is 6.37. The Morgan fingerprint density at radius 2 is 2.20 bits per heavy atom. The van der Waals surface area contributed by atoms with Crippen LogP contribution in [0.1, 0.15) is 44.6 Å². The van der Waals surface area contributed by atoms with E-state index >= 15 is 0 Å². The molecule has 1 aliphatic rings. The van der Waals surface area contributed by atoms with Gasteiger partial charge in [-0.3, -0.25) is 0 Å². The largest absolute Gasteiger partial charge is 0.496 e. The van der Waals surface area contributed by atoms with E-state index in [-0.39, 0.29) is 0 Å². The number of halogens is 1. The van der Waals surface area contributed by atoms with Gasteiger partial charge in [0.25, 0.3) is 0 Å². The predicted molar refractivity (Wildman–Crippen MR) is 88.4 cm³/mol. The van der Waals surface area contributed by atoms with E-state index in [1.165, 1.54) is 37.7 Å². The smallest absolute Gasteiger partial charge is 0.122 e. The van der Waals surface area contributed by atoms with Gasteiger partial charge in [0, 0.05) is 10.5 Å². The minimum Gasteiger partial charge on any atom is -0.496 e. The van der Waals surface area contributed by atoms with E-state index in [0.717, 1.165) is 29.1 Å². The normalized spacial score (nSPS) is 16.8. The van der Waals surface area contributed by atoms with Gasteiger partial charge in [0.1, 0.15) is 5.75 Å². The summed E-state index contributed by atoms with van der Waals surface area (Å²) < 4.78 is 6.63. The van der Waals surface area contributed by atoms with Crippen molar-refractivity contribution in [1.82, 2.24) is 5.32 Å². The molecule has 0 aliphatic heterocycles. The van der Waals surface area contributed by atoms with Crippen LogP contribution < -0.4 is 10.1 Å². The topological polar surface area (TPSA) is 21.3 Å². The van der Waals surface area contributed by atoms with Crippen LogP contribution in [0, 0.1) is 5.92 Å². The van der Waals surface area contributed by atoms with Gasteiger partial charge >= 0.3 is 0 Å². The molecule has 0 heterocycles. The number of methoxy groups -OCH3 is 1. The van der Waals surface area contributed by atoms with Crippen LogP contribution in [0.25, 0.3) is 0 Å². The highest BCUT2D eigenvalue weighted by Gasteiger charge is 2.22. The van der Waals surface area contributed by atoms with Crippen LogP contribution in [0.4, 0.5) is 0 Å². The van der Waals surface area contributed by atoms with Crippen LogP contribution >= 0.6 is 15.9 Å². The van der Waals surface area contributed by atoms with E-state index in [9.17, 15) is 0 Å². The molecule has 1 N–H and O–H groups in total. The van der Waals surface area contributed by atoms with Gasteiger partial charge in [-0.25, -0.2) is 0 Å². The predicted octanol–water partition coefficient (Wildman–Crippen LogP) is 4.56. The summed E-state index contributed by atoms with van der Waals surface area (Å²) in [6.45, 7) is 3.33. The summed E-state index contributed by atoms with van der Waals surface area (Å²) in [7, 11) is 1.76. The fourth-order valence-electron chi connectivity index (χ4n) is 2.89. The SMILES string of the molecule is CCCNC(Cc1cc(Br)ccc1OC)CC1CCC1. The van der Waals surface area contributed by atoms with E-state index in [2.05, 4.69) is 40.3 Å². The summed E-state index contributed by atoms with van der Waals surface area (Å²) >= 11 is 3.57. The van der Waals surface area contributed by atoms with Gasteiger partial charge in [0.2, 0.25) is 0 Å². The van der Waals surface area contributed by atoms with Crippen molar-refractivity contribution >= 4 is 15.9 Å². The van der Waals surface area contributed by atoms with E-state index in [1.807, 2.05) is 6.07 Å². The van der Waals surface area contributed by atoms with Crippen LogP contribution in [0.5, 0.6) is 5.75 Å². The maximum atomic E-state index is 5.50. The molecule has 1 aromatic rings. The van der Waals surface area contributed by atoms with Crippen molar-refractivity contribution in [2.24, 2.45) is 5.92 Å². The molecule has 3 heteroatoms. The molecule has 0 aromatic heterocycles. The first kappa shape index (κ1) is 15.8. The lowest BCUT2D eigenvalue weighted by atomic mass is 9.80. The van der Waals surface area contributed by atoms with Crippen molar-refractivity contribution in [2.75, 3.05) is 13.7 Å². The van der Waals surface area contributed by atoms with Crippen LogP contribution in [-0.4, -0.2) is 19.7 Å². The van der Waals surface area contributed by atoms with Crippen molar-refractivity contribution in [1.29, 1.82) is 0 Å². The Hall–Kier alpha value is -0.540. The van der Waals surface area contributed by atoms with E-state index in [0.29, 0.717) is 6.04 Å². The molecule has 1 unspecified atom stereocenters. The minimum absolute atomic E-state index is 0.573. The van der Waals surface area contributed by atoms with Gasteiger partial charge in [-0.2, -0.15) is 0 Å². The maximum Gasteiger partial charge on any atom is 0.122 e. The number of rotatable bonds is 8. The lowest BCUT2D eigenvalue weighted by Crippen LogP contribution is -2.35. The first-order valence-corrected chi connectivity index (χ1v) is 8.58. The molecular formula is C17H26BrNO. The summed E-state index contributed by atoms with van der Waals surface area (Å²) in [5.74, 6) is 1.94. The Morgan fingerprint density at radius 3 is 2.80 bits per heavy atom. The first-order chi connectivity index (χ1) is 9.72. The molecule has 0 amide bonds. The van der Waals surface area contributed by atoms with Crippen molar-refractivity contribution in [3.8, 4) is 5.75 Å². The quantitative estimate of drug-likeness (QED) is 0.749. The molecule has 0 bridgehead atoms. The molecule has 112 valence electrons. The Morgan fingerprint density at radius 1 is 1.40 bits per heavy atom. The number of benzene rings is 1. The van der Waals surface area contributed by atoms with Crippen molar-refractivity contribution in [2.45, 2.75) is 51.5 Å². The number of nitrogens with one attached hydrogen (secondary N) is 1. The van der Waals surface area contributed by atoms with Gasteiger partial charge in [-0.15, -0.1) is 0 Å². The fraction of sp³-hybridized carbons (Fsp3) is 0.647. The van der Waals surface area contributed by atoms with Gasteiger partial charge < -0.3 is 10.1 Å². The standard InChI is InChI=1S/C17H26BrNO/c1-3-9-19-16(10-13-5-4-6-13)12-14-11-15(18)7-8-17(14)20-2/h7-8,11,13,16,19H,3-6,9-10,12H2,1-2H3. The average Bonchev–Trinajstić information content (AvgIpc) is 2.40. The summed E-state index contributed by atoms with van der Waals surface area (Å²) in [5.41, 5.74) is 1.30. The molecule has 0 spiro atoms. The van der Waals surface area contributed by atoms with Gasteiger partial charge in [-0.05, 0) is 55.5 Å². The zero-order chi connectivity index (χ0) is 14.4. The highest BCUT2D eigenvalue weighted by atomic mass is 79.9. The van der Waals surface area contributed by atoms with E-state index in [4.69, 9.17) is 4.74 Å². The third-order valence-electron chi connectivity index (χ3n) is 4.23. The summed E-state index contributed by atoms with van der Waals surface area (Å²) in [6, 6.07) is 6.87.